The first kappa shape index (κ1) is 8.82. The van der Waals surface area contributed by atoms with Crippen molar-refractivity contribution in [2.45, 2.75) is 6.04 Å². The normalized spacial score (nSPS) is 12.3. The molecule has 0 aliphatic heterocycles. The molecule has 1 heterocycles. The molecular formula is C13H12N. The lowest BCUT2D eigenvalue weighted by Gasteiger charge is -2.14. The van der Waals surface area contributed by atoms with E-state index in [0.29, 0.717) is 0 Å². The highest BCUT2D eigenvalue weighted by atomic mass is 15.0. The van der Waals surface area contributed by atoms with E-state index in [-0.39, 0.29) is 6.04 Å². The average molecular weight is 182 g/mol. The fraction of sp³-hybridized carbons (Fsp3) is 0.0769. The predicted molar refractivity (Wildman–Crippen MR) is 58.0 cm³/mol. The highest BCUT2D eigenvalue weighted by Crippen LogP contribution is 2.18. The zero-order valence-electron chi connectivity index (χ0n) is 7.93. The molecule has 2 aromatic rings. The van der Waals surface area contributed by atoms with Crippen LogP contribution in [0, 0.1) is 6.20 Å². The van der Waals surface area contributed by atoms with Crippen molar-refractivity contribution in [1.82, 2.24) is 4.57 Å². The zero-order valence-corrected chi connectivity index (χ0v) is 7.93. The summed E-state index contributed by atoms with van der Waals surface area (Å²) in [4.78, 5) is 0. The SMILES string of the molecule is C=CC(c1ccccc1)n1[c]ccc1. The van der Waals surface area contributed by atoms with Crippen LogP contribution in [0.2, 0.25) is 0 Å². The van der Waals surface area contributed by atoms with Crippen LogP contribution in [0.25, 0.3) is 0 Å². The van der Waals surface area contributed by atoms with Crippen LogP contribution >= 0.6 is 0 Å². The van der Waals surface area contributed by atoms with Gasteiger partial charge in [-0.1, -0.05) is 36.4 Å². The van der Waals surface area contributed by atoms with Crippen molar-refractivity contribution in [3.63, 3.8) is 0 Å². The predicted octanol–water partition coefficient (Wildman–Crippen LogP) is 3.06. The van der Waals surface area contributed by atoms with Crippen LogP contribution in [0.3, 0.4) is 0 Å². The molecule has 69 valence electrons. The minimum atomic E-state index is 0.186. The summed E-state index contributed by atoms with van der Waals surface area (Å²) in [6.45, 7) is 3.85. The number of hydrogen-bond donors (Lipinski definition) is 0. The van der Waals surface area contributed by atoms with Gasteiger partial charge in [0.25, 0.3) is 0 Å². The summed E-state index contributed by atoms with van der Waals surface area (Å²) in [5.41, 5.74) is 1.23. The molecule has 0 saturated carbocycles. The lowest BCUT2D eigenvalue weighted by atomic mass is 10.1. The second kappa shape index (κ2) is 3.97. The summed E-state index contributed by atoms with van der Waals surface area (Å²) in [7, 11) is 0. The van der Waals surface area contributed by atoms with Gasteiger partial charge in [0.05, 0.1) is 12.2 Å². The van der Waals surface area contributed by atoms with Gasteiger partial charge in [0.2, 0.25) is 0 Å². The Morgan fingerprint density at radius 3 is 2.57 bits per heavy atom. The third-order valence-electron chi connectivity index (χ3n) is 2.23. The molecular weight excluding hydrogens is 170 g/mol. The van der Waals surface area contributed by atoms with Crippen molar-refractivity contribution in [3.05, 3.63) is 73.1 Å². The molecule has 14 heavy (non-hydrogen) atoms. The number of rotatable bonds is 3. The van der Waals surface area contributed by atoms with Crippen LogP contribution in [0.15, 0.2) is 61.3 Å². The Morgan fingerprint density at radius 1 is 1.21 bits per heavy atom. The highest BCUT2D eigenvalue weighted by Gasteiger charge is 2.06. The number of hydrogen-bond acceptors (Lipinski definition) is 0. The van der Waals surface area contributed by atoms with Crippen LogP contribution in [-0.2, 0) is 0 Å². The quantitative estimate of drug-likeness (QED) is 0.643. The zero-order chi connectivity index (χ0) is 9.80. The summed E-state index contributed by atoms with van der Waals surface area (Å²) in [6.07, 6.45) is 7.05. The largest absolute Gasteiger partial charge is 0.335 e. The molecule has 1 heteroatoms. The average Bonchev–Trinajstić information content (AvgIpc) is 2.74. The second-order valence-electron chi connectivity index (χ2n) is 3.14. The van der Waals surface area contributed by atoms with Crippen LogP contribution in [0.1, 0.15) is 11.6 Å². The van der Waals surface area contributed by atoms with Crippen molar-refractivity contribution in [2.75, 3.05) is 0 Å². The minimum absolute atomic E-state index is 0.186. The molecule has 1 atom stereocenters. The monoisotopic (exact) mass is 182 g/mol. The Hall–Kier alpha value is -1.76. The van der Waals surface area contributed by atoms with Crippen molar-refractivity contribution in [1.29, 1.82) is 0 Å². The molecule has 0 spiro atoms. The number of aromatic nitrogens is 1. The lowest BCUT2D eigenvalue weighted by molar-refractivity contribution is 0.701. The van der Waals surface area contributed by atoms with Gasteiger partial charge in [-0.3, -0.25) is 0 Å². The van der Waals surface area contributed by atoms with Gasteiger partial charge in [-0.25, -0.2) is 0 Å². The van der Waals surface area contributed by atoms with Gasteiger partial charge in [0, 0.05) is 6.20 Å². The third kappa shape index (κ3) is 1.62. The standard InChI is InChI=1S/C13H12N/c1-2-13(14-10-6-7-11-14)12-8-4-3-5-9-12/h2-10,13H,1H2. The van der Waals surface area contributed by atoms with Crippen molar-refractivity contribution >= 4 is 0 Å². The van der Waals surface area contributed by atoms with E-state index in [4.69, 9.17) is 0 Å². The maximum atomic E-state index is 3.85. The molecule has 0 saturated heterocycles. The molecule has 0 aliphatic carbocycles. The number of benzene rings is 1. The first-order valence-corrected chi connectivity index (χ1v) is 4.64. The lowest BCUT2D eigenvalue weighted by Crippen LogP contribution is -2.05. The van der Waals surface area contributed by atoms with E-state index in [9.17, 15) is 0 Å². The Bertz CT molecular complexity index is 386. The fourth-order valence-electron chi connectivity index (χ4n) is 1.54. The second-order valence-corrected chi connectivity index (χ2v) is 3.14. The van der Waals surface area contributed by atoms with E-state index in [1.165, 1.54) is 5.56 Å². The maximum absolute atomic E-state index is 3.85. The highest BCUT2D eigenvalue weighted by molar-refractivity contribution is 5.23. The van der Waals surface area contributed by atoms with Gasteiger partial charge in [0.15, 0.2) is 0 Å². The Balaban J connectivity index is 2.36. The summed E-state index contributed by atoms with van der Waals surface area (Å²) in [5.74, 6) is 0. The summed E-state index contributed by atoms with van der Waals surface area (Å²) in [5, 5.41) is 0. The van der Waals surface area contributed by atoms with E-state index in [1.54, 1.807) is 0 Å². The number of allylic oxidation sites excluding steroid dienone is 1. The summed E-state index contributed by atoms with van der Waals surface area (Å²) < 4.78 is 2.02. The maximum Gasteiger partial charge on any atom is 0.0767 e. The first-order valence-electron chi connectivity index (χ1n) is 4.64. The van der Waals surface area contributed by atoms with E-state index in [0.717, 1.165) is 0 Å². The fourth-order valence-corrected chi connectivity index (χ4v) is 1.54. The number of nitrogens with zero attached hydrogens (tertiary/aromatic N) is 1. The van der Waals surface area contributed by atoms with Gasteiger partial charge in [-0.2, -0.15) is 0 Å². The Labute approximate surface area is 84.3 Å². The molecule has 0 fully saturated rings. The molecule has 1 nitrogen and oxygen atoms in total. The first-order chi connectivity index (χ1) is 6.92. The molecule has 0 aliphatic rings. The van der Waals surface area contributed by atoms with Crippen LogP contribution < -0.4 is 0 Å². The molecule has 1 aromatic heterocycles. The summed E-state index contributed by atoms with van der Waals surface area (Å²) >= 11 is 0. The molecule has 0 bridgehead atoms. The molecule has 1 radical (unpaired) electrons. The van der Waals surface area contributed by atoms with Gasteiger partial charge in [-0.15, -0.1) is 6.58 Å². The topological polar surface area (TPSA) is 4.93 Å². The van der Waals surface area contributed by atoms with Crippen molar-refractivity contribution in [3.8, 4) is 0 Å². The molecule has 1 aromatic carbocycles. The van der Waals surface area contributed by atoms with Gasteiger partial charge < -0.3 is 4.57 Å². The van der Waals surface area contributed by atoms with E-state index in [2.05, 4.69) is 24.9 Å². The molecule has 0 amide bonds. The molecule has 1 unspecified atom stereocenters. The Morgan fingerprint density at radius 2 is 2.00 bits per heavy atom. The van der Waals surface area contributed by atoms with Crippen LogP contribution in [-0.4, -0.2) is 4.57 Å². The van der Waals surface area contributed by atoms with Crippen LogP contribution in [0.5, 0.6) is 0 Å². The van der Waals surface area contributed by atoms with E-state index >= 15 is 0 Å². The van der Waals surface area contributed by atoms with Crippen LogP contribution in [0.4, 0.5) is 0 Å². The van der Waals surface area contributed by atoms with Gasteiger partial charge >= 0.3 is 0 Å². The van der Waals surface area contributed by atoms with Gasteiger partial charge in [0.1, 0.15) is 0 Å². The van der Waals surface area contributed by atoms with E-state index < -0.39 is 0 Å². The minimum Gasteiger partial charge on any atom is -0.335 e. The Kier molecular flexibility index (Phi) is 2.50. The van der Waals surface area contributed by atoms with Crippen molar-refractivity contribution < 1.29 is 0 Å². The summed E-state index contributed by atoms with van der Waals surface area (Å²) in [6, 6.07) is 14.3. The smallest absolute Gasteiger partial charge is 0.0767 e. The van der Waals surface area contributed by atoms with Crippen molar-refractivity contribution in [2.24, 2.45) is 0 Å². The molecule has 0 N–H and O–H groups in total. The molecule has 2 rings (SSSR count). The van der Waals surface area contributed by atoms with Gasteiger partial charge in [-0.05, 0) is 17.7 Å². The van der Waals surface area contributed by atoms with E-state index in [1.807, 2.05) is 47.2 Å². The third-order valence-corrected chi connectivity index (χ3v) is 2.23.